The van der Waals surface area contributed by atoms with Crippen LogP contribution in [0.2, 0.25) is 0 Å². The SMILES string of the molecule is Cc1ccc(S(=O)(=O)OC2=NS(C3CCCCC3)=NC(C(F)(F)F)=C2)cc1. The van der Waals surface area contributed by atoms with E-state index >= 15 is 0 Å². The lowest BCUT2D eigenvalue weighted by Crippen LogP contribution is -2.24. The van der Waals surface area contributed by atoms with Gasteiger partial charge in [-0.15, -0.1) is 0 Å². The molecule has 0 bridgehead atoms. The van der Waals surface area contributed by atoms with Crippen molar-refractivity contribution in [3.05, 3.63) is 41.6 Å². The third-order valence-electron chi connectivity index (χ3n) is 4.28. The number of hydrogen-bond acceptors (Lipinski definition) is 5. The van der Waals surface area contributed by atoms with Crippen LogP contribution in [-0.4, -0.2) is 25.7 Å². The summed E-state index contributed by atoms with van der Waals surface area (Å²) in [5.74, 6) is -0.563. The maximum Gasteiger partial charge on any atom is 0.434 e. The van der Waals surface area contributed by atoms with E-state index in [1.165, 1.54) is 12.1 Å². The first kappa shape index (κ1) is 20.1. The smallest absolute Gasteiger partial charge is 0.357 e. The van der Waals surface area contributed by atoms with Crippen LogP contribution in [0.5, 0.6) is 0 Å². The van der Waals surface area contributed by atoms with Gasteiger partial charge in [-0.25, -0.2) is 4.36 Å². The largest absolute Gasteiger partial charge is 0.434 e. The standard InChI is InChI=1S/C17H19F3N2O3S2/c1-12-7-9-14(10-8-12)27(23,24)25-16-11-15(17(18,19)20)21-26(22-16)13-5-3-2-4-6-13/h7-11,13H,2-6H2,1H3. The van der Waals surface area contributed by atoms with E-state index in [1.54, 1.807) is 19.1 Å². The summed E-state index contributed by atoms with van der Waals surface area (Å²) in [6, 6.07) is 5.84. The van der Waals surface area contributed by atoms with Crippen LogP contribution in [0.4, 0.5) is 13.2 Å². The van der Waals surface area contributed by atoms with Crippen molar-refractivity contribution in [2.24, 2.45) is 8.76 Å². The predicted molar refractivity (Wildman–Crippen MR) is 97.7 cm³/mol. The molecule has 1 heterocycles. The van der Waals surface area contributed by atoms with Crippen molar-refractivity contribution in [3.63, 3.8) is 0 Å². The number of nitrogens with zero attached hydrogens (tertiary/aromatic N) is 2. The first-order valence-corrected chi connectivity index (χ1v) is 11.1. The Morgan fingerprint density at radius 2 is 1.74 bits per heavy atom. The lowest BCUT2D eigenvalue weighted by molar-refractivity contribution is -0.0921. The molecule has 1 unspecified atom stereocenters. The molecule has 0 radical (unpaired) electrons. The fourth-order valence-corrected chi connectivity index (χ4v) is 5.50. The average Bonchev–Trinajstić information content (AvgIpc) is 2.61. The number of rotatable bonds is 3. The van der Waals surface area contributed by atoms with Gasteiger partial charge in [0, 0.05) is 22.2 Å². The first-order valence-electron chi connectivity index (χ1n) is 8.49. The van der Waals surface area contributed by atoms with Gasteiger partial charge < -0.3 is 4.18 Å². The quantitative estimate of drug-likeness (QED) is 0.671. The summed E-state index contributed by atoms with van der Waals surface area (Å²) in [5.41, 5.74) is -0.304. The van der Waals surface area contributed by atoms with E-state index in [0.29, 0.717) is 6.08 Å². The molecule has 0 saturated heterocycles. The van der Waals surface area contributed by atoms with Crippen LogP contribution in [0.25, 0.3) is 0 Å². The van der Waals surface area contributed by atoms with Gasteiger partial charge in [0.1, 0.15) is 4.90 Å². The van der Waals surface area contributed by atoms with Crippen molar-refractivity contribution in [1.29, 1.82) is 0 Å². The maximum atomic E-state index is 13.2. The minimum atomic E-state index is -4.70. The summed E-state index contributed by atoms with van der Waals surface area (Å²) in [6.45, 7) is 1.79. The lowest BCUT2D eigenvalue weighted by atomic mass is 10.0. The second kappa shape index (κ2) is 7.75. The molecule has 0 aromatic heterocycles. The van der Waals surface area contributed by atoms with Gasteiger partial charge in [-0.3, -0.25) is 0 Å². The van der Waals surface area contributed by atoms with Crippen LogP contribution in [0, 0.1) is 6.92 Å². The fraction of sp³-hybridized carbons (Fsp3) is 0.471. The summed E-state index contributed by atoms with van der Waals surface area (Å²) in [5, 5.41) is -0.120. The molecule has 1 aromatic carbocycles. The molecule has 0 spiro atoms. The molecule has 2 aliphatic rings. The Kier molecular flexibility index (Phi) is 5.76. The van der Waals surface area contributed by atoms with Crippen LogP contribution in [0.15, 0.2) is 49.7 Å². The lowest BCUT2D eigenvalue weighted by Gasteiger charge is -2.24. The van der Waals surface area contributed by atoms with Crippen molar-refractivity contribution in [1.82, 2.24) is 0 Å². The van der Waals surface area contributed by atoms with Crippen LogP contribution in [0.3, 0.4) is 0 Å². The number of alkyl halides is 3. The minimum absolute atomic E-state index is 0.120. The molecule has 3 rings (SSSR count). The van der Waals surface area contributed by atoms with Gasteiger partial charge >= 0.3 is 16.3 Å². The van der Waals surface area contributed by atoms with Crippen molar-refractivity contribution in [2.45, 2.75) is 55.3 Å². The van der Waals surface area contributed by atoms with E-state index in [4.69, 9.17) is 4.18 Å². The molecule has 1 aromatic rings. The topological polar surface area (TPSA) is 68.1 Å². The molecular formula is C17H19F3N2O3S2. The summed E-state index contributed by atoms with van der Waals surface area (Å²) < 4.78 is 77.3. The monoisotopic (exact) mass is 420 g/mol. The third-order valence-corrected chi connectivity index (χ3v) is 7.34. The predicted octanol–water partition coefficient (Wildman–Crippen LogP) is 4.61. The number of allylic oxidation sites excluding steroid dienone is 1. The van der Waals surface area contributed by atoms with Crippen LogP contribution < -0.4 is 0 Å². The summed E-state index contributed by atoms with van der Waals surface area (Å²) in [4.78, 5) is -0.141. The molecule has 0 N–H and O–H groups in total. The Balaban J connectivity index is 1.92. The van der Waals surface area contributed by atoms with Crippen molar-refractivity contribution in [3.8, 4) is 0 Å². The average molecular weight is 420 g/mol. The van der Waals surface area contributed by atoms with E-state index < -0.39 is 38.8 Å². The Bertz CT molecular complexity index is 898. The number of aryl methyl sites for hydroxylation is 1. The molecule has 10 heteroatoms. The molecule has 1 aliphatic heterocycles. The molecule has 148 valence electrons. The Morgan fingerprint density at radius 3 is 2.33 bits per heavy atom. The van der Waals surface area contributed by atoms with E-state index in [2.05, 4.69) is 8.76 Å². The Morgan fingerprint density at radius 1 is 1.11 bits per heavy atom. The highest BCUT2D eigenvalue weighted by atomic mass is 32.2. The molecule has 0 amide bonds. The van der Waals surface area contributed by atoms with Crippen LogP contribution in [0.1, 0.15) is 37.7 Å². The van der Waals surface area contributed by atoms with Gasteiger partial charge in [-0.1, -0.05) is 37.0 Å². The fourth-order valence-electron chi connectivity index (χ4n) is 2.85. The zero-order chi connectivity index (χ0) is 19.7. The molecule has 1 aliphatic carbocycles. The Labute approximate surface area is 158 Å². The third kappa shape index (κ3) is 4.98. The van der Waals surface area contributed by atoms with Gasteiger partial charge in [0.2, 0.25) is 5.90 Å². The van der Waals surface area contributed by atoms with Gasteiger partial charge in [-0.2, -0.15) is 26.0 Å². The molecular weight excluding hydrogens is 401 g/mol. The summed E-state index contributed by atoms with van der Waals surface area (Å²) in [7, 11) is -5.58. The molecule has 27 heavy (non-hydrogen) atoms. The molecule has 1 atom stereocenters. The summed E-state index contributed by atoms with van der Waals surface area (Å²) in [6.07, 6.45) is 0.142. The first-order chi connectivity index (χ1) is 12.6. The Hall–Kier alpha value is -1.68. The van der Waals surface area contributed by atoms with E-state index in [1.807, 2.05) is 0 Å². The van der Waals surface area contributed by atoms with E-state index in [0.717, 1.165) is 37.7 Å². The van der Waals surface area contributed by atoms with Crippen LogP contribution in [-0.2, 0) is 25.2 Å². The second-order valence-electron chi connectivity index (χ2n) is 6.45. The normalized spacial score (nSPS) is 21.9. The number of hydrogen-bond donors (Lipinski definition) is 0. The highest BCUT2D eigenvalue weighted by Gasteiger charge is 2.38. The zero-order valence-electron chi connectivity index (χ0n) is 14.6. The minimum Gasteiger partial charge on any atom is -0.357 e. The van der Waals surface area contributed by atoms with Crippen molar-refractivity contribution < 1.29 is 25.8 Å². The molecule has 1 fully saturated rings. The van der Waals surface area contributed by atoms with Gasteiger partial charge in [0.15, 0.2) is 5.70 Å². The van der Waals surface area contributed by atoms with Gasteiger partial charge in [-0.05, 0) is 31.9 Å². The van der Waals surface area contributed by atoms with Gasteiger partial charge in [0.05, 0.1) is 0 Å². The number of halogens is 3. The van der Waals surface area contributed by atoms with E-state index in [9.17, 15) is 21.6 Å². The second-order valence-corrected chi connectivity index (χ2v) is 9.61. The van der Waals surface area contributed by atoms with E-state index in [-0.39, 0.29) is 10.1 Å². The molecule has 5 nitrogen and oxygen atoms in total. The van der Waals surface area contributed by atoms with Crippen molar-refractivity contribution in [2.75, 3.05) is 0 Å². The van der Waals surface area contributed by atoms with Crippen LogP contribution >= 0.6 is 0 Å². The van der Waals surface area contributed by atoms with Gasteiger partial charge in [0.25, 0.3) is 0 Å². The highest BCUT2D eigenvalue weighted by Crippen LogP contribution is 2.33. The maximum absolute atomic E-state index is 13.2. The zero-order valence-corrected chi connectivity index (χ0v) is 16.2. The number of benzene rings is 1. The summed E-state index contributed by atoms with van der Waals surface area (Å²) >= 11 is 0. The highest BCUT2D eigenvalue weighted by molar-refractivity contribution is 7.88. The molecule has 1 saturated carbocycles. The van der Waals surface area contributed by atoms with Crippen molar-refractivity contribution >= 4 is 26.9 Å².